The fourth-order valence-electron chi connectivity index (χ4n) is 5.00. The lowest BCUT2D eigenvalue weighted by molar-refractivity contribution is -0.128. The van der Waals surface area contributed by atoms with E-state index >= 15 is 0 Å². The molecule has 208 valence electrons. The molecule has 3 heterocycles. The first-order valence-corrected chi connectivity index (χ1v) is 13.4. The number of para-hydroxylation sites is 1. The number of piperazine rings is 1. The van der Waals surface area contributed by atoms with Crippen LogP contribution in [-0.4, -0.2) is 70.6 Å². The quantitative estimate of drug-likeness (QED) is 0.165. The number of amides is 2. The zero-order valence-corrected chi connectivity index (χ0v) is 23.8. The van der Waals surface area contributed by atoms with E-state index in [1.165, 1.54) is 23.2 Å². The van der Waals surface area contributed by atoms with Gasteiger partial charge in [0.25, 0.3) is 0 Å². The van der Waals surface area contributed by atoms with Crippen LogP contribution in [0.4, 0.5) is 15.9 Å². The van der Waals surface area contributed by atoms with Crippen molar-refractivity contribution in [2.45, 2.75) is 32.7 Å². The molecule has 0 spiro atoms. The molecule has 1 aliphatic heterocycles. The van der Waals surface area contributed by atoms with Gasteiger partial charge in [0.15, 0.2) is 11.6 Å². The van der Waals surface area contributed by atoms with Gasteiger partial charge in [0.05, 0.1) is 28.2 Å². The molecule has 8 nitrogen and oxygen atoms in total. The number of halogens is 2. The molecule has 0 radical (unpaired) electrons. The number of amidine groups is 1. The van der Waals surface area contributed by atoms with Crippen LogP contribution < -0.4 is 4.90 Å². The van der Waals surface area contributed by atoms with E-state index in [2.05, 4.69) is 21.5 Å². The maximum Gasteiger partial charge on any atom is 0.246 e. The normalized spacial score (nSPS) is 15.8. The molecule has 1 saturated heterocycles. The third-order valence-electron chi connectivity index (χ3n) is 6.97. The van der Waals surface area contributed by atoms with Crippen LogP contribution in [-0.2, 0) is 9.59 Å². The van der Waals surface area contributed by atoms with Crippen molar-refractivity contribution in [1.82, 2.24) is 19.8 Å². The lowest BCUT2D eigenvalue weighted by Crippen LogP contribution is -2.55. The van der Waals surface area contributed by atoms with E-state index in [-0.39, 0.29) is 40.0 Å². The average Bonchev–Trinajstić information content (AvgIpc) is 2.95. The molecule has 2 amide bonds. The van der Waals surface area contributed by atoms with Crippen LogP contribution in [0, 0.1) is 5.82 Å². The summed E-state index contributed by atoms with van der Waals surface area (Å²) in [5.74, 6) is 0.209. The molecular formula is C30H32ClFN6O2. The minimum absolute atomic E-state index is 0.104. The highest BCUT2D eigenvalue weighted by atomic mass is 35.5. The first-order valence-electron chi connectivity index (χ1n) is 13.0. The van der Waals surface area contributed by atoms with E-state index in [9.17, 15) is 14.0 Å². The molecule has 1 atom stereocenters. The van der Waals surface area contributed by atoms with Gasteiger partial charge in [-0.15, -0.1) is 0 Å². The number of hydrogen-bond acceptors (Lipinski definition) is 5. The summed E-state index contributed by atoms with van der Waals surface area (Å²) in [6.45, 7) is 11.1. The van der Waals surface area contributed by atoms with E-state index in [0.29, 0.717) is 43.1 Å². The maximum atomic E-state index is 14.8. The second-order valence-electron chi connectivity index (χ2n) is 9.81. The van der Waals surface area contributed by atoms with Crippen molar-refractivity contribution >= 4 is 41.3 Å². The Morgan fingerprint density at radius 3 is 2.65 bits per heavy atom. The number of aromatic nitrogens is 2. The Kier molecular flexibility index (Phi) is 8.94. The van der Waals surface area contributed by atoms with Gasteiger partial charge in [0.1, 0.15) is 5.84 Å². The highest BCUT2D eigenvalue weighted by Crippen LogP contribution is 2.38. The Hall–Kier alpha value is -4.11. The van der Waals surface area contributed by atoms with Gasteiger partial charge in [-0.05, 0) is 42.7 Å². The number of carbonyl (C=O) groups is 2. The Balaban J connectivity index is 1.92. The zero-order valence-electron chi connectivity index (χ0n) is 23.0. The van der Waals surface area contributed by atoms with Crippen LogP contribution in [0.15, 0.2) is 66.4 Å². The minimum Gasteiger partial charge on any atom is -0.350 e. The number of carbonyl (C=O) groups excluding carboxylic acids is 2. The smallest absolute Gasteiger partial charge is 0.246 e. The summed E-state index contributed by atoms with van der Waals surface area (Å²) in [4.78, 5) is 43.5. The number of anilines is 2. The lowest BCUT2D eigenvalue weighted by atomic mass is 10.00. The summed E-state index contributed by atoms with van der Waals surface area (Å²) in [6.07, 6.45) is 4.56. The van der Waals surface area contributed by atoms with Gasteiger partial charge in [0, 0.05) is 44.5 Å². The third-order valence-corrected chi connectivity index (χ3v) is 7.26. The number of rotatable bonds is 7. The van der Waals surface area contributed by atoms with E-state index in [4.69, 9.17) is 16.6 Å². The molecule has 40 heavy (non-hydrogen) atoms. The van der Waals surface area contributed by atoms with Crippen molar-refractivity contribution in [1.29, 1.82) is 0 Å². The van der Waals surface area contributed by atoms with Crippen LogP contribution in [0.25, 0.3) is 11.3 Å². The summed E-state index contributed by atoms with van der Waals surface area (Å²) in [6, 6.07) is 10.6. The van der Waals surface area contributed by atoms with Crippen molar-refractivity contribution in [3.63, 3.8) is 0 Å². The molecule has 2 aromatic heterocycles. The van der Waals surface area contributed by atoms with Gasteiger partial charge in [-0.3, -0.25) is 24.5 Å². The van der Waals surface area contributed by atoms with Crippen LogP contribution in [0.1, 0.15) is 37.8 Å². The number of nitrogens with zero attached hydrogens (tertiary/aromatic N) is 6. The van der Waals surface area contributed by atoms with Crippen molar-refractivity contribution < 1.29 is 14.0 Å². The molecule has 1 aliphatic rings. The second-order valence-corrected chi connectivity index (χ2v) is 10.2. The molecule has 0 N–H and O–H groups in total. The molecule has 1 unspecified atom stereocenters. The molecule has 0 saturated carbocycles. The van der Waals surface area contributed by atoms with Gasteiger partial charge < -0.3 is 9.80 Å². The number of benzene rings is 1. The average molecular weight is 563 g/mol. The van der Waals surface area contributed by atoms with Crippen LogP contribution in [0.5, 0.6) is 0 Å². The fourth-order valence-corrected chi connectivity index (χ4v) is 5.26. The number of pyridine rings is 2. The van der Waals surface area contributed by atoms with Crippen LogP contribution in [0.3, 0.4) is 0 Å². The van der Waals surface area contributed by atoms with Gasteiger partial charge in [-0.25, -0.2) is 9.37 Å². The van der Waals surface area contributed by atoms with Crippen molar-refractivity contribution in [3.05, 3.63) is 83.4 Å². The van der Waals surface area contributed by atoms with E-state index in [0.717, 1.165) is 11.8 Å². The van der Waals surface area contributed by atoms with Gasteiger partial charge in [-0.1, -0.05) is 50.2 Å². The number of aliphatic imine (C=N–C) groups is 1. The maximum absolute atomic E-state index is 14.8. The first-order chi connectivity index (χ1) is 19.2. The first kappa shape index (κ1) is 28.9. The predicted octanol–water partition coefficient (Wildman–Crippen LogP) is 5.45. The standard InChI is InChI=1S/C30H32ClFN6O2/c1-6-27(40)36-13-14-37(20(4)17-36)29(33-5)23-15-24(31)28(22-11-12-34-16-25(22)32)35-30(23)38(18-39)26-10-8-7-9-21(26)19(2)3/h6-12,15-16,18-20H,1,13-14,17H2,2-5H3. The largest absolute Gasteiger partial charge is 0.350 e. The Morgan fingerprint density at radius 1 is 1.27 bits per heavy atom. The van der Waals surface area contributed by atoms with Gasteiger partial charge in [-0.2, -0.15) is 0 Å². The summed E-state index contributed by atoms with van der Waals surface area (Å²) >= 11 is 6.75. The fraction of sp³-hybridized carbons (Fsp3) is 0.300. The van der Waals surface area contributed by atoms with E-state index in [1.54, 1.807) is 18.0 Å². The summed E-state index contributed by atoms with van der Waals surface area (Å²) < 4.78 is 14.8. The Morgan fingerprint density at radius 2 is 2.02 bits per heavy atom. The molecule has 10 heteroatoms. The second kappa shape index (κ2) is 12.4. The van der Waals surface area contributed by atoms with E-state index < -0.39 is 5.82 Å². The lowest BCUT2D eigenvalue weighted by Gasteiger charge is -2.41. The highest BCUT2D eigenvalue weighted by Gasteiger charge is 2.32. The molecule has 1 fully saturated rings. The monoisotopic (exact) mass is 562 g/mol. The van der Waals surface area contributed by atoms with Crippen LogP contribution >= 0.6 is 11.6 Å². The van der Waals surface area contributed by atoms with Crippen molar-refractivity contribution in [2.75, 3.05) is 31.6 Å². The Labute approximate surface area is 238 Å². The topological polar surface area (TPSA) is 82.0 Å². The molecule has 0 aliphatic carbocycles. The minimum atomic E-state index is -0.586. The molecule has 1 aromatic carbocycles. The Bertz CT molecular complexity index is 1460. The van der Waals surface area contributed by atoms with Gasteiger partial charge >= 0.3 is 0 Å². The highest BCUT2D eigenvalue weighted by molar-refractivity contribution is 6.33. The molecule has 4 rings (SSSR count). The number of hydrogen-bond donors (Lipinski definition) is 0. The van der Waals surface area contributed by atoms with Gasteiger partial charge in [0.2, 0.25) is 12.3 Å². The molecule has 0 bridgehead atoms. The summed E-state index contributed by atoms with van der Waals surface area (Å²) in [5, 5.41) is 0.195. The van der Waals surface area contributed by atoms with Crippen molar-refractivity contribution in [3.8, 4) is 11.3 Å². The molecule has 3 aromatic rings. The van der Waals surface area contributed by atoms with E-state index in [1.807, 2.05) is 45.0 Å². The van der Waals surface area contributed by atoms with Crippen molar-refractivity contribution in [2.24, 2.45) is 4.99 Å². The van der Waals surface area contributed by atoms with Crippen LogP contribution in [0.2, 0.25) is 5.02 Å². The summed E-state index contributed by atoms with van der Waals surface area (Å²) in [5.41, 5.74) is 2.44. The zero-order chi connectivity index (χ0) is 29.0. The third kappa shape index (κ3) is 5.60. The molecular weight excluding hydrogens is 531 g/mol. The SMILES string of the molecule is C=CC(=O)N1CCN(C(=NC)c2cc(Cl)c(-c3ccncc3F)nc2N(C=O)c2ccccc2C(C)C)C(C)C1. The predicted molar refractivity (Wildman–Crippen MR) is 157 cm³/mol. The summed E-state index contributed by atoms with van der Waals surface area (Å²) in [7, 11) is 1.66.